The number of carbonyl (C=O) groups is 1. The second-order valence-corrected chi connectivity index (χ2v) is 10.8. The number of benzene rings is 2. The maximum absolute atomic E-state index is 13.2. The topological polar surface area (TPSA) is 73.0 Å². The minimum absolute atomic E-state index is 0.183. The van der Waals surface area contributed by atoms with E-state index in [-0.39, 0.29) is 10.8 Å². The van der Waals surface area contributed by atoms with Gasteiger partial charge in [0.25, 0.3) is 5.91 Å². The quantitative estimate of drug-likeness (QED) is 0.642. The molecule has 0 aromatic heterocycles. The molecule has 0 radical (unpaired) electrons. The van der Waals surface area contributed by atoms with Crippen LogP contribution in [0.3, 0.4) is 0 Å². The van der Waals surface area contributed by atoms with Gasteiger partial charge in [-0.3, -0.25) is 9.69 Å². The molecule has 2 fully saturated rings. The Morgan fingerprint density at radius 1 is 0.818 bits per heavy atom. The van der Waals surface area contributed by atoms with Gasteiger partial charge in [-0.1, -0.05) is 42.8 Å². The summed E-state index contributed by atoms with van der Waals surface area (Å²) < 4.78 is 28.0. The Hall–Kier alpha value is -2.26. The molecule has 1 N–H and O–H groups in total. The average Bonchev–Trinajstić information content (AvgIpc) is 2.86. The Kier molecular flexibility index (Phi) is 8.14. The third-order valence-electron chi connectivity index (χ3n) is 6.48. The number of nitrogens with zero attached hydrogens (tertiary/aromatic N) is 3. The van der Waals surface area contributed by atoms with Gasteiger partial charge in [0.1, 0.15) is 0 Å². The van der Waals surface area contributed by atoms with E-state index in [2.05, 4.69) is 27.2 Å². The summed E-state index contributed by atoms with van der Waals surface area (Å²) in [7, 11) is -3.63. The van der Waals surface area contributed by atoms with Crippen LogP contribution in [0.4, 0.5) is 0 Å². The smallest absolute Gasteiger partial charge is 0.251 e. The van der Waals surface area contributed by atoms with Crippen LogP contribution in [-0.2, 0) is 16.6 Å². The molecule has 0 saturated carbocycles. The van der Waals surface area contributed by atoms with E-state index in [9.17, 15) is 13.2 Å². The highest BCUT2D eigenvalue weighted by molar-refractivity contribution is 7.89. The molecule has 4 rings (SSSR count). The van der Waals surface area contributed by atoms with Gasteiger partial charge in [0.2, 0.25) is 10.0 Å². The van der Waals surface area contributed by atoms with Crippen LogP contribution in [-0.4, -0.2) is 80.8 Å². The van der Waals surface area contributed by atoms with Crippen LogP contribution in [0.1, 0.15) is 35.2 Å². The molecule has 2 heterocycles. The van der Waals surface area contributed by atoms with Gasteiger partial charge in [0, 0.05) is 51.4 Å². The molecular weight excluding hydrogens is 436 g/mol. The van der Waals surface area contributed by atoms with Crippen LogP contribution >= 0.6 is 0 Å². The molecule has 2 saturated heterocycles. The molecular formula is C25H34N4O3S. The molecule has 0 spiro atoms. The van der Waals surface area contributed by atoms with E-state index in [0.717, 1.165) is 26.2 Å². The summed E-state index contributed by atoms with van der Waals surface area (Å²) in [6, 6.07) is 16.6. The second kappa shape index (κ2) is 11.2. The maximum Gasteiger partial charge on any atom is 0.251 e. The van der Waals surface area contributed by atoms with E-state index >= 15 is 0 Å². The highest BCUT2D eigenvalue weighted by Crippen LogP contribution is 2.20. The van der Waals surface area contributed by atoms with Gasteiger partial charge in [-0.2, -0.15) is 4.31 Å². The summed E-state index contributed by atoms with van der Waals surface area (Å²) in [6.07, 6.45) is 3.72. The number of rotatable bonds is 8. The van der Waals surface area contributed by atoms with Crippen LogP contribution in [0.25, 0.3) is 0 Å². The first-order chi connectivity index (χ1) is 16.0. The lowest BCUT2D eigenvalue weighted by Gasteiger charge is -2.34. The second-order valence-electron chi connectivity index (χ2n) is 8.85. The predicted molar refractivity (Wildman–Crippen MR) is 130 cm³/mol. The minimum Gasteiger partial charge on any atom is -0.351 e. The van der Waals surface area contributed by atoms with E-state index in [1.807, 2.05) is 18.2 Å². The van der Waals surface area contributed by atoms with Gasteiger partial charge in [0.15, 0.2) is 0 Å². The highest BCUT2D eigenvalue weighted by Gasteiger charge is 2.29. The Labute approximate surface area is 197 Å². The molecule has 0 aliphatic carbocycles. The molecule has 0 bridgehead atoms. The van der Waals surface area contributed by atoms with Crippen LogP contribution in [0.2, 0.25) is 0 Å². The van der Waals surface area contributed by atoms with Gasteiger partial charge in [-0.05, 0) is 49.7 Å². The molecule has 1 amide bonds. The SMILES string of the molecule is O=C(NCCN1CCCCC1)c1cccc(S(=O)(=O)N2CCN(Cc3ccccc3)CC2)c1. The fourth-order valence-corrected chi connectivity index (χ4v) is 6.00. The van der Waals surface area contributed by atoms with Crippen molar-refractivity contribution in [1.29, 1.82) is 0 Å². The van der Waals surface area contributed by atoms with E-state index in [0.29, 0.717) is 38.3 Å². The monoisotopic (exact) mass is 470 g/mol. The average molecular weight is 471 g/mol. The van der Waals surface area contributed by atoms with Crippen molar-refractivity contribution in [3.8, 4) is 0 Å². The zero-order chi connectivity index (χ0) is 23.1. The van der Waals surface area contributed by atoms with Gasteiger partial charge in [-0.15, -0.1) is 0 Å². The van der Waals surface area contributed by atoms with Crippen molar-refractivity contribution < 1.29 is 13.2 Å². The summed E-state index contributed by atoms with van der Waals surface area (Å²) in [4.78, 5) is 17.4. The fraction of sp³-hybridized carbons (Fsp3) is 0.480. The van der Waals surface area contributed by atoms with Gasteiger partial charge in [-0.25, -0.2) is 8.42 Å². The van der Waals surface area contributed by atoms with Crippen molar-refractivity contribution in [3.63, 3.8) is 0 Å². The van der Waals surface area contributed by atoms with Crippen molar-refractivity contribution in [1.82, 2.24) is 19.4 Å². The number of nitrogens with one attached hydrogen (secondary N) is 1. The maximum atomic E-state index is 13.2. The first kappa shape index (κ1) is 23.9. The molecule has 0 unspecified atom stereocenters. The Morgan fingerprint density at radius 3 is 2.27 bits per heavy atom. The van der Waals surface area contributed by atoms with E-state index in [1.54, 1.807) is 18.2 Å². The van der Waals surface area contributed by atoms with E-state index in [4.69, 9.17) is 0 Å². The normalized spacial score (nSPS) is 18.8. The zero-order valence-electron chi connectivity index (χ0n) is 19.2. The number of carbonyl (C=O) groups excluding carboxylic acids is 1. The molecule has 0 atom stereocenters. The largest absolute Gasteiger partial charge is 0.351 e. The fourth-order valence-electron chi connectivity index (χ4n) is 4.53. The Morgan fingerprint density at radius 2 is 1.55 bits per heavy atom. The Balaban J connectivity index is 1.31. The molecule has 2 aliphatic heterocycles. The standard InChI is InChI=1S/C25H34N4O3S/c30-25(26-12-15-27-13-5-2-6-14-27)23-10-7-11-24(20-23)33(31,32)29-18-16-28(17-19-29)21-22-8-3-1-4-9-22/h1,3-4,7-11,20H,2,5-6,12-19,21H2,(H,26,30). The third kappa shape index (κ3) is 6.41. The Bertz CT molecular complexity index is 1010. The molecule has 2 aliphatic rings. The van der Waals surface area contributed by atoms with Crippen molar-refractivity contribution in [2.45, 2.75) is 30.7 Å². The summed E-state index contributed by atoms with van der Waals surface area (Å²) in [5, 5.41) is 2.94. The van der Waals surface area contributed by atoms with Crippen molar-refractivity contribution in [3.05, 3.63) is 65.7 Å². The zero-order valence-corrected chi connectivity index (χ0v) is 20.0. The number of hydrogen-bond donors (Lipinski definition) is 1. The van der Waals surface area contributed by atoms with Gasteiger partial charge >= 0.3 is 0 Å². The highest BCUT2D eigenvalue weighted by atomic mass is 32.2. The van der Waals surface area contributed by atoms with E-state index < -0.39 is 10.0 Å². The first-order valence-electron chi connectivity index (χ1n) is 11.9. The number of likely N-dealkylation sites (tertiary alicyclic amines) is 1. The number of sulfonamides is 1. The van der Waals surface area contributed by atoms with Crippen molar-refractivity contribution in [2.75, 3.05) is 52.4 Å². The predicted octanol–water partition coefficient (Wildman–Crippen LogP) is 2.41. The summed E-state index contributed by atoms with van der Waals surface area (Å²) >= 11 is 0. The minimum atomic E-state index is -3.63. The number of piperazine rings is 1. The molecule has 2 aromatic rings. The van der Waals surface area contributed by atoms with Gasteiger partial charge < -0.3 is 10.2 Å². The molecule has 2 aromatic carbocycles. The van der Waals surface area contributed by atoms with Crippen LogP contribution in [0.15, 0.2) is 59.5 Å². The number of hydrogen-bond acceptors (Lipinski definition) is 5. The first-order valence-corrected chi connectivity index (χ1v) is 13.3. The van der Waals surface area contributed by atoms with Crippen molar-refractivity contribution >= 4 is 15.9 Å². The molecule has 7 nitrogen and oxygen atoms in total. The van der Waals surface area contributed by atoms with Crippen molar-refractivity contribution in [2.24, 2.45) is 0 Å². The van der Waals surface area contributed by atoms with Crippen LogP contribution in [0, 0.1) is 0 Å². The van der Waals surface area contributed by atoms with Gasteiger partial charge in [0.05, 0.1) is 4.90 Å². The lowest BCUT2D eigenvalue weighted by molar-refractivity contribution is 0.0946. The van der Waals surface area contributed by atoms with Crippen LogP contribution in [0.5, 0.6) is 0 Å². The molecule has 8 heteroatoms. The number of piperidine rings is 1. The summed E-state index contributed by atoms with van der Waals surface area (Å²) in [6.45, 7) is 6.65. The van der Waals surface area contributed by atoms with E-state index in [1.165, 1.54) is 35.2 Å². The lowest BCUT2D eigenvalue weighted by atomic mass is 10.1. The molecule has 178 valence electrons. The molecule has 33 heavy (non-hydrogen) atoms. The summed E-state index contributed by atoms with van der Waals surface area (Å²) in [5.74, 6) is -0.225. The van der Waals surface area contributed by atoms with Crippen LogP contribution < -0.4 is 5.32 Å². The lowest BCUT2D eigenvalue weighted by Crippen LogP contribution is -2.48. The number of amides is 1. The summed E-state index contributed by atoms with van der Waals surface area (Å²) in [5.41, 5.74) is 1.62. The third-order valence-corrected chi connectivity index (χ3v) is 8.37.